The van der Waals surface area contributed by atoms with Gasteiger partial charge in [0.2, 0.25) is 5.91 Å². The summed E-state index contributed by atoms with van der Waals surface area (Å²) in [5.74, 6) is 0.0122. The molecule has 22 heavy (non-hydrogen) atoms. The van der Waals surface area contributed by atoms with Gasteiger partial charge < -0.3 is 4.90 Å². The average molecular weight is 345 g/mol. The number of nitrogens with zero attached hydrogens (tertiary/aromatic N) is 2. The Morgan fingerprint density at radius 1 is 1.36 bits per heavy atom. The van der Waals surface area contributed by atoms with Gasteiger partial charge in [-0.3, -0.25) is 4.79 Å². The molecule has 0 N–H and O–H groups in total. The highest BCUT2D eigenvalue weighted by molar-refractivity contribution is 7.91. The molecule has 1 aromatic heterocycles. The number of carbonyl (C=O) groups excluding carboxylic acids is 1. The number of aromatic nitrogens is 1. The summed E-state index contributed by atoms with van der Waals surface area (Å²) in [6.45, 7) is 8.15. The smallest absolute Gasteiger partial charge is 0.227 e. The third kappa shape index (κ3) is 3.51. The molecule has 0 aromatic carbocycles. The van der Waals surface area contributed by atoms with E-state index in [9.17, 15) is 13.2 Å². The minimum Gasteiger partial charge on any atom is -0.338 e. The largest absolute Gasteiger partial charge is 0.338 e. The number of carbonyl (C=O) groups is 1. The standard InChI is InChI=1S/C15H24N2O3S2/c1-9(2)14-16-10(3)13(21-14)11(4)17(5)15(18)12-6-7-22(19,20)8-12/h9,11-12H,6-8H2,1-5H3. The van der Waals surface area contributed by atoms with E-state index in [1.54, 1.807) is 23.3 Å². The summed E-state index contributed by atoms with van der Waals surface area (Å²) < 4.78 is 23.1. The van der Waals surface area contributed by atoms with Crippen LogP contribution in [-0.4, -0.2) is 42.8 Å². The molecule has 124 valence electrons. The molecule has 2 unspecified atom stereocenters. The van der Waals surface area contributed by atoms with Crippen LogP contribution in [0.15, 0.2) is 0 Å². The maximum absolute atomic E-state index is 12.5. The molecule has 7 heteroatoms. The lowest BCUT2D eigenvalue weighted by Gasteiger charge is -2.26. The van der Waals surface area contributed by atoms with Crippen molar-refractivity contribution in [1.82, 2.24) is 9.88 Å². The van der Waals surface area contributed by atoms with Crippen LogP contribution in [0.4, 0.5) is 0 Å². The summed E-state index contributed by atoms with van der Waals surface area (Å²) in [5.41, 5.74) is 0.958. The van der Waals surface area contributed by atoms with Gasteiger partial charge in [0, 0.05) is 17.8 Å². The van der Waals surface area contributed by atoms with Crippen molar-refractivity contribution in [1.29, 1.82) is 0 Å². The average Bonchev–Trinajstić information content (AvgIpc) is 2.99. The van der Waals surface area contributed by atoms with Crippen LogP contribution < -0.4 is 0 Å². The molecule has 1 aliphatic heterocycles. The van der Waals surface area contributed by atoms with E-state index in [1.165, 1.54) is 0 Å². The monoisotopic (exact) mass is 344 g/mol. The van der Waals surface area contributed by atoms with Gasteiger partial charge in [-0.1, -0.05) is 13.8 Å². The van der Waals surface area contributed by atoms with Crippen LogP contribution in [0, 0.1) is 12.8 Å². The molecule has 1 amide bonds. The summed E-state index contributed by atoms with van der Waals surface area (Å²) in [7, 11) is -1.28. The van der Waals surface area contributed by atoms with Crippen molar-refractivity contribution < 1.29 is 13.2 Å². The van der Waals surface area contributed by atoms with Crippen molar-refractivity contribution in [2.45, 2.75) is 46.1 Å². The summed E-state index contributed by atoms with van der Waals surface area (Å²) in [5, 5.41) is 1.07. The van der Waals surface area contributed by atoms with Crippen LogP contribution in [0.1, 0.15) is 54.7 Å². The Hall–Kier alpha value is -0.950. The van der Waals surface area contributed by atoms with Crippen molar-refractivity contribution in [3.63, 3.8) is 0 Å². The third-order valence-electron chi connectivity index (χ3n) is 4.23. The van der Waals surface area contributed by atoms with Gasteiger partial charge in [0.1, 0.15) is 0 Å². The number of thiazole rings is 1. The Balaban J connectivity index is 2.15. The minimum absolute atomic E-state index is 0.0121. The quantitative estimate of drug-likeness (QED) is 0.842. The topological polar surface area (TPSA) is 67.3 Å². The number of hydrogen-bond acceptors (Lipinski definition) is 5. The molecule has 0 bridgehead atoms. The lowest BCUT2D eigenvalue weighted by molar-refractivity contribution is -0.135. The van der Waals surface area contributed by atoms with Gasteiger partial charge in [0.25, 0.3) is 0 Å². The van der Waals surface area contributed by atoms with Gasteiger partial charge in [0.15, 0.2) is 9.84 Å². The van der Waals surface area contributed by atoms with Gasteiger partial charge in [-0.2, -0.15) is 0 Å². The SMILES string of the molecule is Cc1nc(C(C)C)sc1C(C)N(C)C(=O)C1CCS(=O)(=O)C1. The second-order valence-corrected chi connectivity index (χ2v) is 9.67. The molecule has 0 spiro atoms. The van der Waals surface area contributed by atoms with Crippen LogP contribution in [0.25, 0.3) is 0 Å². The van der Waals surface area contributed by atoms with E-state index < -0.39 is 15.8 Å². The van der Waals surface area contributed by atoms with E-state index in [0.717, 1.165) is 15.6 Å². The predicted molar refractivity (Wildman–Crippen MR) is 88.9 cm³/mol. The molecule has 0 radical (unpaired) electrons. The molecule has 2 heterocycles. The maximum atomic E-state index is 12.5. The fourth-order valence-electron chi connectivity index (χ4n) is 2.71. The Morgan fingerprint density at radius 3 is 2.45 bits per heavy atom. The van der Waals surface area contributed by atoms with E-state index >= 15 is 0 Å². The molecule has 2 rings (SSSR count). The third-order valence-corrected chi connectivity index (χ3v) is 7.63. The first kappa shape index (κ1) is 17.4. The van der Waals surface area contributed by atoms with E-state index in [-0.39, 0.29) is 23.5 Å². The lowest BCUT2D eigenvalue weighted by Crippen LogP contribution is -2.35. The zero-order valence-electron chi connectivity index (χ0n) is 13.8. The summed E-state index contributed by atoms with van der Waals surface area (Å²) in [4.78, 5) is 19.9. The van der Waals surface area contributed by atoms with Gasteiger partial charge in [0.05, 0.1) is 34.2 Å². The van der Waals surface area contributed by atoms with Gasteiger partial charge in [-0.15, -0.1) is 11.3 Å². The van der Waals surface area contributed by atoms with Crippen molar-refractivity contribution >= 4 is 27.1 Å². The maximum Gasteiger partial charge on any atom is 0.227 e. The van der Waals surface area contributed by atoms with Crippen LogP contribution in [-0.2, 0) is 14.6 Å². The number of aryl methyl sites for hydroxylation is 1. The molecule has 2 atom stereocenters. The second-order valence-electron chi connectivity index (χ2n) is 6.38. The first-order chi connectivity index (χ1) is 10.1. The molecular formula is C15H24N2O3S2. The zero-order chi connectivity index (χ0) is 16.7. The van der Waals surface area contributed by atoms with Crippen molar-refractivity contribution in [2.24, 2.45) is 5.92 Å². The number of rotatable bonds is 4. The van der Waals surface area contributed by atoms with Crippen molar-refractivity contribution in [3.05, 3.63) is 15.6 Å². The molecule has 1 fully saturated rings. The van der Waals surface area contributed by atoms with Gasteiger partial charge >= 0.3 is 0 Å². The van der Waals surface area contributed by atoms with E-state index in [1.807, 2.05) is 13.8 Å². The van der Waals surface area contributed by atoms with E-state index in [4.69, 9.17) is 0 Å². The first-order valence-electron chi connectivity index (χ1n) is 7.56. The van der Waals surface area contributed by atoms with Crippen molar-refractivity contribution in [3.8, 4) is 0 Å². The molecule has 1 aromatic rings. The Morgan fingerprint density at radius 2 is 2.00 bits per heavy atom. The Kier molecular flexibility index (Phi) is 4.96. The molecular weight excluding hydrogens is 320 g/mol. The number of hydrogen-bond donors (Lipinski definition) is 0. The summed E-state index contributed by atoms with van der Waals surface area (Å²) >= 11 is 1.64. The first-order valence-corrected chi connectivity index (χ1v) is 10.2. The highest BCUT2D eigenvalue weighted by atomic mass is 32.2. The highest BCUT2D eigenvalue weighted by Gasteiger charge is 2.36. The van der Waals surface area contributed by atoms with E-state index in [0.29, 0.717) is 12.3 Å². The normalized spacial score (nSPS) is 22.0. The number of sulfone groups is 1. The molecule has 1 aliphatic rings. The molecule has 0 saturated carbocycles. The fraction of sp³-hybridized carbons (Fsp3) is 0.733. The molecule has 0 aliphatic carbocycles. The summed E-state index contributed by atoms with van der Waals surface area (Å²) in [6, 6.07) is -0.0826. The number of amides is 1. The molecule has 1 saturated heterocycles. The van der Waals surface area contributed by atoms with Crippen LogP contribution in [0.2, 0.25) is 0 Å². The van der Waals surface area contributed by atoms with Crippen LogP contribution in [0.5, 0.6) is 0 Å². The zero-order valence-corrected chi connectivity index (χ0v) is 15.4. The van der Waals surface area contributed by atoms with Crippen LogP contribution in [0.3, 0.4) is 0 Å². The van der Waals surface area contributed by atoms with Crippen LogP contribution >= 0.6 is 11.3 Å². The van der Waals surface area contributed by atoms with Crippen molar-refractivity contribution in [2.75, 3.05) is 18.6 Å². The lowest BCUT2D eigenvalue weighted by atomic mass is 10.1. The Bertz CT molecular complexity index is 664. The van der Waals surface area contributed by atoms with Gasteiger partial charge in [-0.05, 0) is 20.3 Å². The fourth-order valence-corrected chi connectivity index (χ4v) is 5.61. The Labute approximate surface area is 136 Å². The van der Waals surface area contributed by atoms with Gasteiger partial charge in [-0.25, -0.2) is 13.4 Å². The minimum atomic E-state index is -3.04. The molecule has 5 nitrogen and oxygen atoms in total. The highest BCUT2D eigenvalue weighted by Crippen LogP contribution is 2.33. The predicted octanol–water partition coefficient (Wildman–Crippen LogP) is 2.53. The summed E-state index contributed by atoms with van der Waals surface area (Å²) in [6.07, 6.45) is 0.442. The van der Waals surface area contributed by atoms with E-state index in [2.05, 4.69) is 18.8 Å². The second kappa shape index (κ2) is 6.28.